The van der Waals surface area contributed by atoms with Gasteiger partial charge < -0.3 is 9.84 Å². The Kier molecular flexibility index (Phi) is 6.35. The summed E-state index contributed by atoms with van der Waals surface area (Å²) in [6.45, 7) is 8.83. The van der Waals surface area contributed by atoms with Crippen LogP contribution in [0.3, 0.4) is 0 Å². The maximum atomic E-state index is 12.8. The Bertz CT molecular complexity index is 825. The van der Waals surface area contributed by atoms with Crippen LogP contribution >= 0.6 is 0 Å². The predicted molar refractivity (Wildman–Crippen MR) is 112 cm³/mol. The minimum Gasteiger partial charge on any atom is -0.361 e. The number of rotatable bonds is 7. The van der Waals surface area contributed by atoms with Crippen LogP contribution in [0, 0.1) is 5.41 Å². The third-order valence-electron chi connectivity index (χ3n) is 5.51. The molecule has 0 saturated carbocycles. The van der Waals surface area contributed by atoms with Crippen molar-refractivity contribution in [2.75, 3.05) is 26.7 Å². The fourth-order valence-corrected chi connectivity index (χ4v) is 4.02. The Labute approximate surface area is 167 Å². The van der Waals surface area contributed by atoms with E-state index >= 15 is 0 Å². The van der Waals surface area contributed by atoms with Crippen molar-refractivity contribution in [3.63, 3.8) is 0 Å². The Balaban J connectivity index is 1.71. The summed E-state index contributed by atoms with van der Waals surface area (Å²) in [6.07, 6.45) is 3.62. The van der Waals surface area contributed by atoms with E-state index in [4.69, 9.17) is 4.52 Å². The van der Waals surface area contributed by atoms with Crippen LogP contribution in [0.15, 0.2) is 46.5 Å². The molecule has 150 valence electrons. The Hall–Kier alpha value is -2.40. The number of hydrogen-bond donors (Lipinski definition) is 1. The number of nitrogens with zero attached hydrogens (tertiary/aromatic N) is 2. The first-order valence-electron chi connectivity index (χ1n) is 10.0. The molecule has 1 N–H and O–H groups in total. The zero-order chi connectivity index (χ0) is 20.1. The van der Waals surface area contributed by atoms with E-state index in [1.807, 2.05) is 24.3 Å². The molecule has 1 fully saturated rings. The highest BCUT2D eigenvalue weighted by Crippen LogP contribution is 2.35. The van der Waals surface area contributed by atoms with Gasteiger partial charge in [-0.15, -0.1) is 0 Å². The van der Waals surface area contributed by atoms with Crippen molar-refractivity contribution in [1.29, 1.82) is 0 Å². The summed E-state index contributed by atoms with van der Waals surface area (Å²) in [5.41, 5.74) is 2.98. The number of hydrogen-bond acceptors (Lipinski definition) is 4. The lowest BCUT2D eigenvalue weighted by molar-refractivity contribution is -0.130. The molecule has 1 aromatic carbocycles. The van der Waals surface area contributed by atoms with Crippen molar-refractivity contribution in [2.45, 2.75) is 39.5 Å². The van der Waals surface area contributed by atoms with E-state index in [-0.39, 0.29) is 5.91 Å². The molecule has 28 heavy (non-hydrogen) atoms. The SMILES string of the molecule is CNC(=O)[C@@]1(Cc2cc(C(C)C)no2)CCN(C/C(C)=C/c2ccccc2)C1. The zero-order valence-electron chi connectivity index (χ0n) is 17.4. The lowest BCUT2D eigenvalue weighted by Crippen LogP contribution is -2.43. The topological polar surface area (TPSA) is 58.4 Å². The lowest BCUT2D eigenvalue weighted by Gasteiger charge is -2.26. The van der Waals surface area contributed by atoms with Gasteiger partial charge in [0.25, 0.3) is 0 Å². The molecule has 1 aliphatic heterocycles. The standard InChI is InChI=1S/C23H31N3O2/c1-17(2)21-13-20(28-25-21)14-23(22(27)24-4)10-11-26(16-23)15-18(3)12-19-8-6-5-7-9-19/h5-9,12-13,17H,10-11,14-16H2,1-4H3,(H,24,27)/b18-12+/t23-/m1/s1. The Morgan fingerprint density at radius 1 is 1.36 bits per heavy atom. The summed E-state index contributed by atoms with van der Waals surface area (Å²) in [5.74, 6) is 1.20. The van der Waals surface area contributed by atoms with Crippen molar-refractivity contribution in [3.8, 4) is 0 Å². The molecule has 5 heteroatoms. The Morgan fingerprint density at radius 2 is 2.11 bits per heavy atom. The first kappa shape index (κ1) is 20.3. The molecule has 1 amide bonds. The summed E-state index contributed by atoms with van der Waals surface area (Å²) in [5, 5.41) is 7.03. The molecule has 1 aromatic heterocycles. The quantitative estimate of drug-likeness (QED) is 0.791. The van der Waals surface area contributed by atoms with E-state index in [1.165, 1.54) is 11.1 Å². The number of carbonyl (C=O) groups excluding carboxylic acids is 1. The Morgan fingerprint density at radius 3 is 2.75 bits per heavy atom. The summed E-state index contributed by atoms with van der Waals surface area (Å²) >= 11 is 0. The molecule has 5 nitrogen and oxygen atoms in total. The van der Waals surface area contributed by atoms with Crippen LogP contribution < -0.4 is 5.32 Å². The third-order valence-corrected chi connectivity index (χ3v) is 5.51. The maximum absolute atomic E-state index is 12.8. The minimum atomic E-state index is -0.463. The van der Waals surface area contributed by atoms with E-state index < -0.39 is 5.41 Å². The molecule has 1 aliphatic rings. The number of amides is 1. The molecule has 0 bridgehead atoms. The normalized spacial score (nSPS) is 20.7. The average molecular weight is 382 g/mol. The molecule has 1 atom stereocenters. The number of carbonyl (C=O) groups is 1. The summed E-state index contributed by atoms with van der Waals surface area (Å²) in [4.78, 5) is 15.2. The second-order valence-corrected chi connectivity index (χ2v) is 8.27. The van der Waals surface area contributed by atoms with E-state index in [0.717, 1.165) is 37.5 Å². The van der Waals surface area contributed by atoms with Gasteiger partial charge in [0.1, 0.15) is 5.76 Å². The van der Waals surface area contributed by atoms with Crippen molar-refractivity contribution in [2.24, 2.45) is 5.41 Å². The monoisotopic (exact) mass is 381 g/mol. The van der Waals surface area contributed by atoms with Gasteiger partial charge >= 0.3 is 0 Å². The highest BCUT2D eigenvalue weighted by molar-refractivity contribution is 5.83. The van der Waals surface area contributed by atoms with E-state index in [0.29, 0.717) is 12.3 Å². The van der Waals surface area contributed by atoms with Crippen molar-refractivity contribution in [1.82, 2.24) is 15.4 Å². The summed E-state index contributed by atoms with van der Waals surface area (Å²) in [7, 11) is 1.72. The molecular weight excluding hydrogens is 350 g/mol. The minimum absolute atomic E-state index is 0.0854. The van der Waals surface area contributed by atoms with Crippen LogP contribution in [-0.2, 0) is 11.2 Å². The van der Waals surface area contributed by atoms with E-state index in [2.05, 4.69) is 54.4 Å². The van der Waals surface area contributed by atoms with Gasteiger partial charge in [0.15, 0.2) is 0 Å². The highest BCUT2D eigenvalue weighted by atomic mass is 16.5. The second-order valence-electron chi connectivity index (χ2n) is 8.27. The molecular formula is C23H31N3O2. The number of benzene rings is 1. The number of aromatic nitrogens is 1. The van der Waals surface area contributed by atoms with Crippen LogP contribution in [0.4, 0.5) is 0 Å². The largest absolute Gasteiger partial charge is 0.361 e. The van der Waals surface area contributed by atoms with Crippen LogP contribution in [-0.4, -0.2) is 42.6 Å². The van der Waals surface area contributed by atoms with Crippen LogP contribution in [0.5, 0.6) is 0 Å². The van der Waals surface area contributed by atoms with Crippen LogP contribution in [0.25, 0.3) is 6.08 Å². The zero-order valence-corrected chi connectivity index (χ0v) is 17.4. The van der Waals surface area contributed by atoms with Gasteiger partial charge in [-0.2, -0.15) is 0 Å². The van der Waals surface area contributed by atoms with Crippen molar-refractivity contribution >= 4 is 12.0 Å². The number of likely N-dealkylation sites (tertiary alicyclic amines) is 1. The van der Waals surface area contributed by atoms with Crippen LogP contribution in [0.2, 0.25) is 0 Å². The molecule has 2 aromatic rings. The van der Waals surface area contributed by atoms with Gasteiger partial charge in [-0.25, -0.2) is 0 Å². The fraction of sp³-hybridized carbons (Fsp3) is 0.478. The molecule has 0 aliphatic carbocycles. The molecule has 3 rings (SSSR count). The molecule has 0 radical (unpaired) electrons. The van der Waals surface area contributed by atoms with E-state index in [1.54, 1.807) is 7.05 Å². The van der Waals surface area contributed by atoms with Gasteiger partial charge in [-0.05, 0) is 31.4 Å². The van der Waals surface area contributed by atoms with Gasteiger partial charge in [-0.3, -0.25) is 9.69 Å². The summed E-state index contributed by atoms with van der Waals surface area (Å²) in [6, 6.07) is 12.3. The lowest BCUT2D eigenvalue weighted by atomic mass is 9.81. The van der Waals surface area contributed by atoms with Crippen molar-refractivity contribution < 1.29 is 9.32 Å². The van der Waals surface area contributed by atoms with Crippen molar-refractivity contribution in [3.05, 3.63) is 59.0 Å². The maximum Gasteiger partial charge on any atom is 0.227 e. The van der Waals surface area contributed by atoms with Gasteiger partial charge in [-0.1, -0.05) is 61.0 Å². The van der Waals surface area contributed by atoms with E-state index in [9.17, 15) is 4.79 Å². The molecule has 0 unspecified atom stereocenters. The van der Waals surface area contributed by atoms with Gasteiger partial charge in [0, 0.05) is 32.6 Å². The van der Waals surface area contributed by atoms with Gasteiger partial charge in [0.05, 0.1) is 11.1 Å². The third kappa shape index (κ3) is 4.71. The number of nitrogens with one attached hydrogen (secondary N) is 1. The molecule has 2 heterocycles. The van der Waals surface area contributed by atoms with Gasteiger partial charge in [0.2, 0.25) is 5.91 Å². The average Bonchev–Trinajstić information content (AvgIpc) is 3.30. The first-order chi connectivity index (χ1) is 13.4. The molecule has 1 saturated heterocycles. The first-order valence-corrected chi connectivity index (χ1v) is 10.0. The second kappa shape index (κ2) is 8.74. The highest BCUT2D eigenvalue weighted by Gasteiger charge is 2.45. The van der Waals surface area contributed by atoms with Crippen LogP contribution in [0.1, 0.15) is 50.1 Å². The molecule has 0 spiro atoms. The smallest absolute Gasteiger partial charge is 0.227 e. The fourth-order valence-electron chi connectivity index (χ4n) is 4.02. The summed E-state index contributed by atoms with van der Waals surface area (Å²) < 4.78 is 5.54. The predicted octanol–water partition coefficient (Wildman–Crippen LogP) is 3.88.